The normalized spacial score (nSPS) is 17.4. The van der Waals surface area contributed by atoms with Crippen molar-refractivity contribution in [1.82, 2.24) is 0 Å². The van der Waals surface area contributed by atoms with Gasteiger partial charge in [0.1, 0.15) is 0 Å². The van der Waals surface area contributed by atoms with E-state index in [0.717, 1.165) is 16.6 Å². The monoisotopic (exact) mass is 341 g/mol. The number of hydrogen-bond acceptors (Lipinski definition) is 1. The zero-order valence-electron chi connectivity index (χ0n) is 9.38. The predicted molar refractivity (Wildman–Crippen MR) is 80.7 cm³/mol. The van der Waals surface area contributed by atoms with Gasteiger partial charge in [-0.1, -0.05) is 51.3 Å². The molecule has 1 N–H and O–H groups in total. The summed E-state index contributed by atoms with van der Waals surface area (Å²) in [6, 6.07) is 12.5. The second kappa shape index (κ2) is 4.76. The van der Waals surface area contributed by atoms with Crippen LogP contribution in [-0.4, -0.2) is 0 Å². The van der Waals surface area contributed by atoms with E-state index in [1.165, 1.54) is 11.1 Å². The van der Waals surface area contributed by atoms with Crippen molar-refractivity contribution >= 4 is 44.8 Å². The van der Waals surface area contributed by atoms with Gasteiger partial charge >= 0.3 is 0 Å². The van der Waals surface area contributed by atoms with Crippen molar-refractivity contribution in [3.05, 3.63) is 62.0 Å². The van der Waals surface area contributed by atoms with Gasteiger partial charge in [0, 0.05) is 10.2 Å². The maximum atomic E-state index is 6.04. The molecule has 1 aliphatic rings. The van der Waals surface area contributed by atoms with Crippen molar-refractivity contribution in [3.63, 3.8) is 0 Å². The number of anilines is 1. The molecule has 1 atom stereocenters. The second-order valence-corrected chi connectivity index (χ2v) is 6.11. The van der Waals surface area contributed by atoms with Crippen LogP contribution in [0, 0.1) is 0 Å². The highest BCUT2D eigenvalue weighted by Gasteiger charge is 2.23. The van der Waals surface area contributed by atoms with Gasteiger partial charge in [0.05, 0.1) is 16.1 Å². The molecule has 0 fully saturated rings. The highest BCUT2D eigenvalue weighted by molar-refractivity contribution is 9.10. The number of benzene rings is 2. The van der Waals surface area contributed by atoms with Gasteiger partial charge in [0.25, 0.3) is 0 Å². The minimum Gasteiger partial charge on any atom is -0.378 e. The smallest absolute Gasteiger partial charge is 0.0613 e. The molecule has 0 saturated heterocycles. The molecule has 0 saturated carbocycles. The average molecular weight is 343 g/mol. The largest absolute Gasteiger partial charge is 0.378 e. The van der Waals surface area contributed by atoms with Crippen molar-refractivity contribution in [2.45, 2.75) is 12.5 Å². The molecule has 0 aromatic heterocycles. The Morgan fingerprint density at radius 2 is 1.89 bits per heavy atom. The minimum absolute atomic E-state index is 0.284. The van der Waals surface area contributed by atoms with Crippen molar-refractivity contribution in [2.75, 3.05) is 5.32 Å². The molecule has 1 heterocycles. The number of halogens is 3. The summed E-state index contributed by atoms with van der Waals surface area (Å²) in [7, 11) is 0. The summed E-state index contributed by atoms with van der Waals surface area (Å²) in [5.41, 5.74) is 3.55. The van der Waals surface area contributed by atoms with E-state index in [2.05, 4.69) is 33.4 Å². The lowest BCUT2D eigenvalue weighted by molar-refractivity contribution is 0.823. The lowest BCUT2D eigenvalue weighted by Gasteiger charge is -2.11. The molecule has 3 rings (SSSR count). The van der Waals surface area contributed by atoms with Crippen LogP contribution >= 0.6 is 39.1 Å². The molecule has 18 heavy (non-hydrogen) atoms. The topological polar surface area (TPSA) is 12.0 Å². The van der Waals surface area contributed by atoms with Gasteiger partial charge in [0.15, 0.2) is 0 Å². The van der Waals surface area contributed by atoms with E-state index < -0.39 is 0 Å². The first kappa shape index (κ1) is 12.3. The number of rotatable bonds is 1. The Balaban J connectivity index is 1.93. The van der Waals surface area contributed by atoms with E-state index in [4.69, 9.17) is 23.2 Å². The zero-order chi connectivity index (χ0) is 12.7. The summed E-state index contributed by atoms with van der Waals surface area (Å²) in [5.74, 6) is 0. The third-order valence-corrected chi connectivity index (χ3v) is 4.37. The van der Waals surface area contributed by atoms with E-state index in [0.29, 0.717) is 10.0 Å². The summed E-state index contributed by atoms with van der Waals surface area (Å²) in [6.45, 7) is 0. The van der Waals surface area contributed by atoms with Crippen LogP contribution in [0.4, 0.5) is 5.69 Å². The molecule has 1 nitrogen and oxygen atoms in total. The molecule has 0 aliphatic carbocycles. The van der Waals surface area contributed by atoms with Gasteiger partial charge in [0.2, 0.25) is 0 Å². The summed E-state index contributed by atoms with van der Waals surface area (Å²) < 4.78 is 1.09. The molecule has 0 spiro atoms. The van der Waals surface area contributed by atoms with E-state index in [1.807, 2.05) is 24.3 Å². The molecular formula is C14H10BrCl2N. The number of fused-ring (bicyclic) bond motifs is 1. The third kappa shape index (κ3) is 2.25. The Kier molecular flexibility index (Phi) is 3.27. The summed E-state index contributed by atoms with van der Waals surface area (Å²) in [5, 5.41) is 4.69. The van der Waals surface area contributed by atoms with E-state index >= 15 is 0 Å². The minimum atomic E-state index is 0.284. The van der Waals surface area contributed by atoms with Crippen LogP contribution in [0.1, 0.15) is 17.2 Å². The molecule has 92 valence electrons. The van der Waals surface area contributed by atoms with E-state index in [9.17, 15) is 0 Å². The third-order valence-electron chi connectivity index (χ3n) is 3.15. The van der Waals surface area contributed by atoms with Crippen molar-refractivity contribution < 1.29 is 0 Å². The second-order valence-electron chi connectivity index (χ2n) is 4.38. The molecule has 4 heteroatoms. The van der Waals surface area contributed by atoms with Crippen molar-refractivity contribution in [1.29, 1.82) is 0 Å². The summed E-state index contributed by atoms with van der Waals surface area (Å²) >= 11 is 15.6. The van der Waals surface area contributed by atoms with Crippen LogP contribution in [0.2, 0.25) is 10.0 Å². The zero-order valence-corrected chi connectivity index (χ0v) is 12.5. The van der Waals surface area contributed by atoms with E-state index in [1.54, 1.807) is 0 Å². The van der Waals surface area contributed by atoms with Gasteiger partial charge in [-0.15, -0.1) is 0 Å². The van der Waals surface area contributed by atoms with Gasteiger partial charge in [-0.3, -0.25) is 0 Å². The maximum Gasteiger partial charge on any atom is 0.0613 e. The van der Waals surface area contributed by atoms with Crippen LogP contribution in [0.3, 0.4) is 0 Å². The van der Waals surface area contributed by atoms with Gasteiger partial charge in [-0.05, 0) is 41.8 Å². The Morgan fingerprint density at radius 3 is 2.67 bits per heavy atom. The first-order valence-corrected chi connectivity index (χ1v) is 7.18. The van der Waals surface area contributed by atoms with Crippen molar-refractivity contribution in [2.24, 2.45) is 0 Å². The quantitative estimate of drug-likeness (QED) is 0.725. The standard InChI is InChI=1S/C14H10BrCl2N/c15-10-3-1-2-8(4-10)13-6-9-5-11(16)12(17)7-14(9)18-13/h1-5,7,13,18H,6H2. The van der Waals surface area contributed by atoms with Gasteiger partial charge in [-0.2, -0.15) is 0 Å². The lowest BCUT2D eigenvalue weighted by atomic mass is 10.0. The van der Waals surface area contributed by atoms with Crippen LogP contribution in [0.15, 0.2) is 40.9 Å². The fraction of sp³-hybridized carbons (Fsp3) is 0.143. The molecular weight excluding hydrogens is 333 g/mol. The fourth-order valence-electron chi connectivity index (χ4n) is 2.27. The Labute approximate surface area is 124 Å². The highest BCUT2D eigenvalue weighted by Crippen LogP contribution is 2.39. The summed E-state index contributed by atoms with van der Waals surface area (Å²) in [6.07, 6.45) is 0.933. The highest BCUT2D eigenvalue weighted by atomic mass is 79.9. The predicted octanol–water partition coefficient (Wildman–Crippen LogP) is 5.47. The van der Waals surface area contributed by atoms with Crippen LogP contribution < -0.4 is 5.32 Å². The molecule has 0 radical (unpaired) electrons. The molecule has 1 aliphatic heterocycles. The first-order chi connectivity index (χ1) is 8.63. The molecule has 2 aromatic rings. The Morgan fingerprint density at radius 1 is 1.11 bits per heavy atom. The molecule has 1 unspecified atom stereocenters. The van der Waals surface area contributed by atoms with Gasteiger partial charge in [-0.25, -0.2) is 0 Å². The number of hydrogen-bond donors (Lipinski definition) is 1. The Bertz CT molecular complexity index is 582. The summed E-state index contributed by atoms with van der Waals surface area (Å²) in [4.78, 5) is 0. The molecule has 0 bridgehead atoms. The SMILES string of the molecule is Clc1cc2c(cc1Cl)NC(c1cccc(Br)c1)C2. The fourth-order valence-corrected chi connectivity index (χ4v) is 3.04. The number of nitrogens with one attached hydrogen (secondary N) is 1. The van der Waals surface area contributed by atoms with Crippen LogP contribution in [0.25, 0.3) is 0 Å². The maximum absolute atomic E-state index is 6.04. The van der Waals surface area contributed by atoms with Crippen LogP contribution in [-0.2, 0) is 6.42 Å². The van der Waals surface area contributed by atoms with E-state index in [-0.39, 0.29) is 6.04 Å². The average Bonchev–Trinajstić information content (AvgIpc) is 2.73. The first-order valence-electron chi connectivity index (χ1n) is 5.63. The van der Waals surface area contributed by atoms with Crippen LogP contribution in [0.5, 0.6) is 0 Å². The van der Waals surface area contributed by atoms with Gasteiger partial charge < -0.3 is 5.32 Å². The lowest BCUT2D eigenvalue weighted by Crippen LogP contribution is -2.05. The molecule has 0 amide bonds. The Hall–Kier alpha value is -0.700. The van der Waals surface area contributed by atoms with Crippen molar-refractivity contribution in [3.8, 4) is 0 Å². The molecule has 2 aromatic carbocycles.